The molecule has 0 unspecified atom stereocenters. The summed E-state index contributed by atoms with van der Waals surface area (Å²) in [5, 5.41) is 2.16. The molecule has 0 aliphatic carbocycles. The van der Waals surface area contributed by atoms with Gasteiger partial charge >= 0.3 is 6.18 Å². The van der Waals surface area contributed by atoms with Gasteiger partial charge in [-0.05, 0) is 17.7 Å². The summed E-state index contributed by atoms with van der Waals surface area (Å²) in [5.74, 6) is 0.0132. The summed E-state index contributed by atoms with van der Waals surface area (Å²) in [6, 6.07) is 12.8. The minimum atomic E-state index is -4.77. The molecule has 168 valence electrons. The highest BCUT2D eigenvalue weighted by Gasteiger charge is 2.39. The maximum atomic E-state index is 13.9. The van der Waals surface area contributed by atoms with Crippen molar-refractivity contribution in [1.82, 2.24) is 19.6 Å². The fraction of sp³-hybridized carbons (Fsp3) is 0.136. The number of fused-ring (bicyclic) bond motifs is 2. The molecule has 0 aliphatic rings. The fourth-order valence-corrected chi connectivity index (χ4v) is 3.66. The van der Waals surface area contributed by atoms with Crippen LogP contribution in [0.3, 0.4) is 0 Å². The lowest BCUT2D eigenvalue weighted by Gasteiger charge is -2.07. The van der Waals surface area contributed by atoms with E-state index < -0.39 is 17.4 Å². The van der Waals surface area contributed by atoms with Crippen LogP contribution in [0.25, 0.3) is 39.3 Å². The lowest BCUT2D eigenvalue weighted by molar-refractivity contribution is -0.140. The molecule has 0 atom stereocenters. The predicted molar refractivity (Wildman–Crippen MR) is 112 cm³/mol. The summed E-state index contributed by atoms with van der Waals surface area (Å²) in [4.78, 5) is 21.9. The summed E-state index contributed by atoms with van der Waals surface area (Å²) in [7, 11) is 2.71. The number of aromatic amines is 1. The average molecular weight is 456 g/mol. The van der Waals surface area contributed by atoms with Gasteiger partial charge in [-0.25, -0.2) is 4.98 Å². The van der Waals surface area contributed by atoms with Gasteiger partial charge in [-0.1, -0.05) is 36.4 Å². The Hall–Kier alpha value is -4.28. The number of H-pyrrole nitrogens is 1. The van der Waals surface area contributed by atoms with Crippen LogP contribution in [0, 0.1) is 0 Å². The molecule has 0 saturated heterocycles. The second-order valence-electron chi connectivity index (χ2n) is 7.01. The van der Waals surface area contributed by atoms with Crippen LogP contribution in [-0.2, 0) is 6.18 Å². The van der Waals surface area contributed by atoms with Crippen LogP contribution in [0.1, 0.15) is 5.69 Å². The zero-order valence-corrected chi connectivity index (χ0v) is 17.2. The first-order chi connectivity index (χ1) is 15.8. The van der Waals surface area contributed by atoms with E-state index >= 15 is 0 Å². The number of ether oxygens (including phenoxy) is 2. The molecule has 33 heavy (non-hydrogen) atoms. The molecule has 0 amide bonds. The van der Waals surface area contributed by atoms with Gasteiger partial charge < -0.3 is 13.9 Å². The molecule has 0 spiro atoms. The SMILES string of the molecule is COc1nc2c(-c3ccccc3)c(C(F)(F)F)[nH]n2c(=O)c1-c1nc2c(OC)cccc2o1. The van der Waals surface area contributed by atoms with Gasteiger partial charge in [0.1, 0.15) is 11.4 Å². The normalized spacial score (nSPS) is 11.9. The second-order valence-corrected chi connectivity index (χ2v) is 7.01. The molecule has 8 nitrogen and oxygen atoms in total. The molecule has 0 bridgehead atoms. The van der Waals surface area contributed by atoms with E-state index in [2.05, 4.69) is 15.1 Å². The molecule has 0 saturated carbocycles. The van der Waals surface area contributed by atoms with Crippen LogP contribution in [0.5, 0.6) is 11.6 Å². The van der Waals surface area contributed by atoms with Crippen molar-refractivity contribution in [2.75, 3.05) is 14.2 Å². The van der Waals surface area contributed by atoms with Crippen LogP contribution in [-0.4, -0.2) is 33.8 Å². The predicted octanol–water partition coefficient (Wildman–Crippen LogP) is 4.53. The van der Waals surface area contributed by atoms with Crippen LogP contribution in [0.2, 0.25) is 0 Å². The molecular formula is C22H15F3N4O4. The molecular weight excluding hydrogens is 441 g/mol. The van der Waals surface area contributed by atoms with Crippen molar-refractivity contribution in [3.8, 4) is 34.2 Å². The number of hydrogen-bond acceptors (Lipinski definition) is 6. The van der Waals surface area contributed by atoms with E-state index in [4.69, 9.17) is 13.9 Å². The molecule has 0 fully saturated rings. The van der Waals surface area contributed by atoms with Crippen LogP contribution in [0.15, 0.2) is 57.7 Å². The van der Waals surface area contributed by atoms with Crippen molar-refractivity contribution in [2.24, 2.45) is 0 Å². The third-order valence-electron chi connectivity index (χ3n) is 5.10. The van der Waals surface area contributed by atoms with Crippen molar-refractivity contribution >= 4 is 16.7 Å². The van der Waals surface area contributed by atoms with Gasteiger partial charge in [0.2, 0.25) is 11.8 Å². The number of hydrogen-bond donors (Lipinski definition) is 1. The first kappa shape index (κ1) is 20.6. The summed E-state index contributed by atoms with van der Waals surface area (Å²) >= 11 is 0. The number of benzene rings is 2. The van der Waals surface area contributed by atoms with Crippen molar-refractivity contribution in [3.05, 3.63) is 64.6 Å². The van der Waals surface area contributed by atoms with E-state index in [0.29, 0.717) is 16.8 Å². The van der Waals surface area contributed by atoms with Gasteiger partial charge in [-0.15, -0.1) is 0 Å². The lowest BCUT2D eigenvalue weighted by Crippen LogP contribution is -2.19. The van der Waals surface area contributed by atoms with Gasteiger partial charge in [0.05, 0.1) is 19.8 Å². The maximum Gasteiger partial charge on any atom is 0.433 e. The Bertz CT molecular complexity index is 1550. The van der Waals surface area contributed by atoms with Crippen LogP contribution >= 0.6 is 0 Å². The van der Waals surface area contributed by atoms with E-state index in [1.54, 1.807) is 36.4 Å². The first-order valence-corrected chi connectivity index (χ1v) is 9.62. The Morgan fingerprint density at radius 3 is 2.39 bits per heavy atom. The third kappa shape index (κ3) is 3.20. The van der Waals surface area contributed by atoms with Crippen LogP contribution in [0.4, 0.5) is 13.2 Å². The Labute approximate surface area is 183 Å². The van der Waals surface area contributed by atoms with Gasteiger partial charge in [-0.2, -0.15) is 22.7 Å². The first-order valence-electron chi connectivity index (χ1n) is 9.62. The molecule has 1 N–H and O–H groups in total. The molecule has 5 rings (SSSR count). The monoisotopic (exact) mass is 456 g/mol. The summed E-state index contributed by atoms with van der Waals surface area (Å²) in [6.07, 6.45) is -4.77. The van der Waals surface area contributed by atoms with Gasteiger partial charge in [0.25, 0.3) is 5.56 Å². The highest BCUT2D eigenvalue weighted by molar-refractivity contribution is 5.84. The minimum absolute atomic E-state index is 0.164. The van der Waals surface area contributed by atoms with Crippen molar-refractivity contribution < 1.29 is 27.1 Å². The van der Waals surface area contributed by atoms with E-state index in [1.165, 1.54) is 26.4 Å². The summed E-state index contributed by atoms with van der Waals surface area (Å²) < 4.78 is 58.6. The quantitative estimate of drug-likeness (QED) is 0.427. The van der Waals surface area contributed by atoms with Gasteiger partial charge in [0, 0.05) is 0 Å². The maximum absolute atomic E-state index is 13.9. The summed E-state index contributed by atoms with van der Waals surface area (Å²) in [6.45, 7) is 0. The fourth-order valence-electron chi connectivity index (χ4n) is 3.66. The van der Waals surface area contributed by atoms with E-state index in [1.807, 2.05) is 0 Å². The minimum Gasteiger partial charge on any atom is -0.494 e. The topological polar surface area (TPSA) is 94.7 Å². The molecule has 3 heterocycles. The number of methoxy groups -OCH3 is 2. The van der Waals surface area contributed by atoms with Crippen molar-refractivity contribution in [3.63, 3.8) is 0 Å². The number of aromatic nitrogens is 4. The van der Waals surface area contributed by atoms with E-state index in [9.17, 15) is 18.0 Å². The van der Waals surface area contributed by atoms with E-state index in [-0.39, 0.29) is 34.1 Å². The van der Waals surface area contributed by atoms with E-state index in [0.717, 1.165) is 4.52 Å². The number of rotatable bonds is 4. The standard InChI is InChI=1S/C22H15F3N4O4/c1-31-12-9-6-10-13-16(12)26-20(33-13)15-19(32-2)27-18-14(11-7-4-3-5-8-11)17(22(23,24)25)28-29(18)21(15)30/h3-10,28H,1-2H3. The Morgan fingerprint density at radius 2 is 1.73 bits per heavy atom. The summed E-state index contributed by atoms with van der Waals surface area (Å²) in [5.41, 5.74) is -1.83. The zero-order valence-electron chi connectivity index (χ0n) is 17.2. The Balaban J connectivity index is 1.85. The smallest absolute Gasteiger partial charge is 0.433 e. The molecule has 2 aromatic carbocycles. The number of para-hydroxylation sites is 1. The Morgan fingerprint density at radius 1 is 0.970 bits per heavy atom. The van der Waals surface area contributed by atoms with Crippen molar-refractivity contribution in [2.45, 2.75) is 6.18 Å². The molecule has 11 heteroatoms. The molecule has 3 aromatic heterocycles. The second kappa shape index (κ2) is 7.40. The third-order valence-corrected chi connectivity index (χ3v) is 5.10. The average Bonchev–Trinajstić information content (AvgIpc) is 3.41. The lowest BCUT2D eigenvalue weighted by atomic mass is 10.1. The van der Waals surface area contributed by atoms with Crippen LogP contribution < -0.4 is 15.0 Å². The highest BCUT2D eigenvalue weighted by Crippen LogP contribution is 2.39. The molecule has 5 aromatic rings. The number of nitrogens with one attached hydrogen (secondary N) is 1. The van der Waals surface area contributed by atoms with Crippen molar-refractivity contribution in [1.29, 1.82) is 0 Å². The number of nitrogens with zero attached hydrogens (tertiary/aromatic N) is 3. The molecule has 0 radical (unpaired) electrons. The van der Waals surface area contributed by atoms with Gasteiger partial charge in [-0.3, -0.25) is 9.89 Å². The Kier molecular flexibility index (Phi) is 4.62. The van der Waals surface area contributed by atoms with Gasteiger partial charge in [0.15, 0.2) is 22.3 Å². The number of halogens is 3. The number of oxazole rings is 1. The zero-order chi connectivity index (χ0) is 23.3. The molecule has 0 aliphatic heterocycles. The highest BCUT2D eigenvalue weighted by atomic mass is 19.4. The number of alkyl halides is 3. The largest absolute Gasteiger partial charge is 0.494 e.